The molecule has 2 N–H and O–H groups in total. The van der Waals surface area contributed by atoms with E-state index in [4.69, 9.17) is 5.26 Å². The van der Waals surface area contributed by atoms with Gasteiger partial charge in [0.15, 0.2) is 0 Å². The molecule has 0 radical (unpaired) electrons. The highest BCUT2D eigenvalue weighted by molar-refractivity contribution is 7.92. The zero-order chi connectivity index (χ0) is 24.3. The fraction of sp³-hybridized carbons (Fsp3) is 0.261. The van der Waals surface area contributed by atoms with Gasteiger partial charge in [0.05, 0.1) is 22.0 Å². The van der Waals surface area contributed by atoms with Crippen LogP contribution in [-0.2, 0) is 10.0 Å². The molecule has 0 aliphatic carbocycles. The number of carboxylic acids is 1. The van der Waals surface area contributed by atoms with E-state index in [0.29, 0.717) is 42.8 Å². The van der Waals surface area contributed by atoms with Gasteiger partial charge in [-0.3, -0.25) is 9.62 Å². The minimum Gasteiger partial charge on any atom is -0.478 e. The number of aromatic nitrogens is 1. The third-order valence-electron chi connectivity index (χ3n) is 5.64. The molecule has 0 spiro atoms. The second kappa shape index (κ2) is 13.6. The number of aromatic carboxylic acids is 1. The zero-order valence-electron chi connectivity index (χ0n) is 19.3. The van der Waals surface area contributed by atoms with E-state index in [1.165, 1.54) is 18.2 Å². The quantitative estimate of drug-likeness (QED) is 0.419. The minimum absolute atomic E-state index is 0. The normalized spacial score (nSPS) is 13.5. The molecule has 2 aromatic carbocycles. The van der Waals surface area contributed by atoms with Gasteiger partial charge < -0.3 is 10.0 Å². The standard InChI is InChI=1S/C23H22FN5O4S.3ClH/c24-16-2-5-18(6-3-16)34(32,33)27-17-4-7-21-19(14-17)20(23(30)31)15-22(26-21)29-12-10-28(11-13-29)9-1-8-25;;;/h2-7,14-15,27H,1,9-13H2,(H,30,31);3*1H. The molecule has 1 aliphatic rings. The van der Waals surface area contributed by atoms with Crippen LogP contribution in [0.25, 0.3) is 10.9 Å². The molecule has 9 nitrogen and oxygen atoms in total. The van der Waals surface area contributed by atoms with E-state index in [-0.39, 0.29) is 53.4 Å². The van der Waals surface area contributed by atoms with E-state index in [2.05, 4.69) is 20.7 Å². The Kier molecular flexibility index (Phi) is 11.8. The number of hydrogen-bond donors (Lipinski definition) is 2. The molecular formula is C23H25Cl3FN5O4S. The monoisotopic (exact) mass is 591 g/mol. The third-order valence-corrected chi connectivity index (χ3v) is 7.04. The molecule has 3 aromatic rings. The Morgan fingerprint density at radius 2 is 1.70 bits per heavy atom. The van der Waals surface area contributed by atoms with Crippen LogP contribution >= 0.6 is 37.2 Å². The number of carbonyl (C=O) groups is 1. The molecule has 1 aliphatic heterocycles. The molecule has 1 saturated heterocycles. The fourth-order valence-corrected chi connectivity index (χ4v) is 4.90. The number of piperazine rings is 1. The second-order valence-corrected chi connectivity index (χ2v) is 9.54. The largest absolute Gasteiger partial charge is 0.478 e. The van der Waals surface area contributed by atoms with Gasteiger partial charge in [-0.1, -0.05) is 0 Å². The van der Waals surface area contributed by atoms with Gasteiger partial charge in [-0.05, 0) is 48.5 Å². The molecule has 0 unspecified atom stereocenters. The van der Waals surface area contributed by atoms with E-state index in [9.17, 15) is 22.7 Å². The van der Waals surface area contributed by atoms with Crippen LogP contribution in [0.15, 0.2) is 53.4 Å². The maximum absolute atomic E-state index is 13.1. The van der Waals surface area contributed by atoms with Crippen molar-refractivity contribution in [2.24, 2.45) is 0 Å². The molecule has 37 heavy (non-hydrogen) atoms. The Labute approximate surface area is 232 Å². The fourth-order valence-electron chi connectivity index (χ4n) is 3.85. The van der Waals surface area contributed by atoms with E-state index in [0.717, 1.165) is 37.4 Å². The molecule has 1 fully saturated rings. The van der Waals surface area contributed by atoms with E-state index < -0.39 is 21.8 Å². The molecule has 2 heterocycles. The van der Waals surface area contributed by atoms with Crippen LogP contribution in [0.2, 0.25) is 0 Å². The predicted octanol–water partition coefficient (Wildman–Crippen LogP) is 4.17. The lowest BCUT2D eigenvalue weighted by molar-refractivity contribution is 0.0699. The van der Waals surface area contributed by atoms with Crippen molar-refractivity contribution < 1.29 is 22.7 Å². The minimum atomic E-state index is -3.99. The van der Waals surface area contributed by atoms with Crippen LogP contribution in [0.1, 0.15) is 16.8 Å². The van der Waals surface area contributed by atoms with Crippen LogP contribution < -0.4 is 9.62 Å². The molecule has 4 rings (SSSR count). The predicted molar refractivity (Wildman–Crippen MR) is 147 cm³/mol. The number of sulfonamides is 1. The first-order valence-corrected chi connectivity index (χ1v) is 12.1. The third kappa shape index (κ3) is 7.56. The van der Waals surface area contributed by atoms with Gasteiger partial charge in [0.2, 0.25) is 0 Å². The van der Waals surface area contributed by atoms with Crippen molar-refractivity contribution >= 4 is 75.6 Å². The number of fused-ring (bicyclic) bond motifs is 1. The lowest BCUT2D eigenvalue weighted by Gasteiger charge is -2.35. The highest BCUT2D eigenvalue weighted by Gasteiger charge is 2.21. The van der Waals surface area contributed by atoms with Crippen molar-refractivity contribution in [1.82, 2.24) is 9.88 Å². The summed E-state index contributed by atoms with van der Waals surface area (Å²) in [7, 11) is -3.99. The summed E-state index contributed by atoms with van der Waals surface area (Å²) in [5, 5.41) is 18.9. The van der Waals surface area contributed by atoms with Crippen LogP contribution in [-0.4, -0.2) is 62.1 Å². The average molecular weight is 593 g/mol. The SMILES string of the molecule is Cl.Cl.Cl.N#CCCN1CCN(c2cc(C(=O)O)c3cc(NS(=O)(=O)c4ccc(F)cc4)ccc3n2)CC1. The Hall–Kier alpha value is -2.88. The van der Waals surface area contributed by atoms with Gasteiger partial charge >= 0.3 is 5.97 Å². The molecule has 0 atom stereocenters. The Morgan fingerprint density at radius 3 is 2.30 bits per heavy atom. The molecule has 200 valence electrons. The molecule has 14 heteroatoms. The summed E-state index contributed by atoms with van der Waals surface area (Å²) in [6, 6.07) is 12.5. The van der Waals surface area contributed by atoms with Gasteiger partial charge in [-0.25, -0.2) is 22.6 Å². The Morgan fingerprint density at radius 1 is 1.05 bits per heavy atom. The smallest absolute Gasteiger partial charge is 0.336 e. The van der Waals surface area contributed by atoms with Crippen molar-refractivity contribution in [3.05, 3.63) is 59.9 Å². The summed E-state index contributed by atoms with van der Waals surface area (Å²) in [6.45, 7) is 3.49. The summed E-state index contributed by atoms with van der Waals surface area (Å²) in [5.74, 6) is -1.18. The lowest BCUT2D eigenvalue weighted by Crippen LogP contribution is -2.46. The van der Waals surface area contributed by atoms with Gasteiger partial charge in [0.25, 0.3) is 10.0 Å². The summed E-state index contributed by atoms with van der Waals surface area (Å²) < 4.78 is 40.8. The number of benzene rings is 2. The maximum Gasteiger partial charge on any atom is 0.336 e. The molecule has 0 saturated carbocycles. The van der Waals surface area contributed by atoms with Crippen molar-refractivity contribution in [2.45, 2.75) is 11.3 Å². The molecular weight excluding hydrogens is 568 g/mol. The summed E-state index contributed by atoms with van der Waals surface area (Å²) >= 11 is 0. The number of rotatable bonds is 7. The summed E-state index contributed by atoms with van der Waals surface area (Å²) in [6.07, 6.45) is 0.463. The van der Waals surface area contributed by atoms with Crippen molar-refractivity contribution in [2.75, 3.05) is 42.3 Å². The molecule has 0 amide bonds. The topological polar surface area (TPSA) is 127 Å². The Bertz CT molecular complexity index is 1380. The first kappa shape index (κ1) is 32.1. The van der Waals surface area contributed by atoms with Crippen LogP contribution in [0.3, 0.4) is 0 Å². The van der Waals surface area contributed by atoms with Crippen molar-refractivity contribution in [1.29, 1.82) is 5.26 Å². The van der Waals surface area contributed by atoms with Gasteiger partial charge in [-0.15, -0.1) is 37.2 Å². The number of nitriles is 1. The summed E-state index contributed by atoms with van der Waals surface area (Å²) in [4.78, 5) is 20.7. The average Bonchev–Trinajstić information content (AvgIpc) is 2.82. The number of nitrogens with zero attached hydrogens (tertiary/aromatic N) is 4. The van der Waals surface area contributed by atoms with Gasteiger partial charge in [0, 0.05) is 50.2 Å². The maximum atomic E-state index is 13.1. The second-order valence-electron chi connectivity index (χ2n) is 7.86. The van der Waals surface area contributed by atoms with Crippen molar-refractivity contribution in [3.8, 4) is 6.07 Å². The first-order chi connectivity index (χ1) is 16.3. The molecule has 0 bridgehead atoms. The highest BCUT2D eigenvalue weighted by atomic mass is 35.5. The number of pyridine rings is 1. The number of halogens is 4. The van der Waals surface area contributed by atoms with Crippen LogP contribution in [0.5, 0.6) is 0 Å². The van der Waals surface area contributed by atoms with Crippen LogP contribution in [0, 0.1) is 17.1 Å². The summed E-state index contributed by atoms with van der Waals surface area (Å²) in [5.41, 5.74) is 0.598. The van der Waals surface area contributed by atoms with Crippen molar-refractivity contribution in [3.63, 3.8) is 0 Å². The van der Waals surface area contributed by atoms with Gasteiger partial charge in [-0.2, -0.15) is 5.26 Å². The van der Waals surface area contributed by atoms with Crippen LogP contribution in [0.4, 0.5) is 15.9 Å². The number of nitrogens with one attached hydrogen (secondary N) is 1. The molecule has 1 aromatic heterocycles. The lowest BCUT2D eigenvalue weighted by atomic mass is 10.1. The van der Waals surface area contributed by atoms with E-state index in [1.54, 1.807) is 6.07 Å². The van der Waals surface area contributed by atoms with Gasteiger partial charge in [0.1, 0.15) is 11.6 Å². The van der Waals surface area contributed by atoms with E-state index >= 15 is 0 Å². The Balaban J connectivity index is 0.00000228. The first-order valence-electron chi connectivity index (χ1n) is 10.6. The zero-order valence-corrected chi connectivity index (χ0v) is 22.6. The number of hydrogen-bond acceptors (Lipinski definition) is 7. The highest BCUT2D eigenvalue weighted by Crippen LogP contribution is 2.28. The number of carboxylic acid groups (broad SMARTS) is 1. The number of anilines is 2. The van der Waals surface area contributed by atoms with E-state index in [1.807, 2.05) is 4.90 Å².